The summed E-state index contributed by atoms with van der Waals surface area (Å²) in [6.07, 6.45) is 1.47. The largest absolute Gasteiger partial charge is 0.338 e. The van der Waals surface area contributed by atoms with Crippen LogP contribution < -0.4 is 5.73 Å². The molecule has 5 heteroatoms. The molecule has 0 aliphatic carbocycles. The molecule has 0 radical (unpaired) electrons. The van der Waals surface area contributed by atoms with Crippen molar-refractivity contribution in [3.05, 3.63) is 47.4 Å². The van der Waals surface area contributed by atoms with Crippen LogP contribution in [0.25, 0.3) is 0 Å². The Balaban J connectivity index is 2.07. The van der Waals surface area contributed by atoms with Crippen LogP contribution in [0.15, 0.2) is 28.8 Å². The highest BCUT2D eigenvalue weighted by Crippen LogP contribution is 2.20. The van der Waals surface area contributed by atoms with Crippen molar-refractivity contribution >= 4 is 0 Å². The van der Waals surface area contributed by atoms with Crippen molar-refractivity contribution in [3.63, 3.8) is 0 Å². The fraction of sp³-hybridized carbons (Fsp3) is 0.429. The SMILES string of the molecule is CCC(C)C(N)c1nc(Cc2ccc(F)cc2)no1. The summed E-state index contributed by atoms with van der Waals surface area (Å²) < 4.78 is 18.0. The first-order chi connectivity index (χ1) is 9.10. The summed E-state index contributed by atoms with van der Waals surface area (Å²) in [5, 5.41) is 3.91. The molecular formula is C14H18FN3O. The lowest BCUT2D eigenvalue weighted by Gasteiger charge is -2.12. The molecule has 0 saturated carbocycles. The third kappa shape index (κ3) is 3.38. The Morgan fingerprint density at radius 1 is 1.32 bits per heavy atom. The van der Waals surface area contributed by atoms with Crippen LogP contribution >= 0.6 is 0 Å². The van der Waals surface area contributed by atoms with Gasteiger partial charge in [-0.2, -0.15) is 4.98 Å². The summed E-state index contributed by atoms with van der Waals surface area (Å²) in [5.74, 6) is 1.07. The zero-order valence-electron chi connectivity index (χ0n) is 11.1. The van der Waals surface area contributed by atoms with Gasteiger partial charge in [0, 0.05) is 6.42 Å². The Bertz CT molecular complexity index is 524. The lowest BCUT2D eigenvalue weighted by molar-refractivity contribution is 0.310. The van der Waals surface area contributed by atoms with Gasteiger partial charge in [-0.05, 0) is 23.6 Å². The average molecular weight is 263 g/mol. The van der Waals surface area contributed by atoms with Gasteiger partial charge in [0.05, 0.1) is 6.04 Å². The maximum atomic E-state index is 12.8. The van der Waals surface area contributed by atoms with Gasteiger partial charge in [-0.3, -0.25) is 0 Å². The predicted molar refractivity (Wildman–Crippen MR) is 69.9 cm³/mol. The maximum Gasteiger partial charge on any atom is 0.243 e. The number of nitrogens with zero attached hydrogens (tertiary/aromatic N) is 2. The summed E-state index contributed by atoms with van der Waals surface area (Å²) >= 11 is 0. The minimum absolute atomic E-state index is 0.237. The predicted octanol–water partition coefficient (Wildman–Crippen LogP) is 2.85. The van der Waals surface area contributed by atoms with Crippen molar-refractivity contribution < 1.29 is 8.91 Å². The Kier molecular flexibility index (Phi) is 4.27. The number of nitrogens with two attached hydrogens (primary N) is 1. The van der Waals surface area contributed by atoms with Crippen LogP contribution in [0.2, 0.25) is 0 Å². The van der Waals surface area contributed by atoms with E-state index in [1.807, 2.05) is 0 Å². The van der Waals surface area contributed by atoms with Gasteiger partial charge >= 0.3 is 0 Å². The summed E-state index contributed by atoms with van der Waals surface area (Å²) in [5.41, 5.74) is 6.97. The molecule has 0 spiro atoms. The van der Waals surface area contributed by atoms with E-state index in [2.05, 4.69) is 24.0 Å². The molecule has 2 atom stereocenters. The molecule has 0 aliphatic rings. The first-order valence-corrected chi connectivity index (χ1v) is 6.42. The molecule has 0 saturated heterocycles. The number of benzene rings is 1. The van der Waals surface area contributed by atoms with Crippen LogP contribution in [-0.4, -0.2) is 10.1 Å². The van der Waals surface area contributed by atoms with Crippen molar-refractivity contribution in [3.8, 4) is 0 Å². The molecule has 0 bridgehead atoms. The number of hydrogen-bond acceptors (Lipinski definition) is 4. The summed E-state index contributed by atoms with van der Waals surface area (Å²) in [4.78, 5) is 4.30. The minimum atomic E-state index is -0.253. The molecule has 1 aromatic carbocycles. The Hall–Kier alpha value is -1.75. The van der Waals surface area contributed by atoms with Crippen molar-refractivity contribution in [1.29, 1.82) is 0 Å². The van der Waals surface area contributed by atoms with E-state index in [1.165, 1.54) is 12.1 Å². The van der Waals surface area contributed by atoms with E-state index in [9.17, 15) is 4.39 Å². The number of rotatable bonds is 5. The normalized spacial score (nSPS) is 14.3. The van der Waals surface area contributed by atoms with Gasteiger partial charge in [0.25, 0.3) is 0 Å². The van der Waals surface area contributed by atoms with Gasteiger partial charge in [0.15, 0.2) is 5.82 Å². The molecule has 19 heavy (non-hydrogen) atoms. The first kappa shape index (κ1) is 13.7. The average Bonchev–Trinajstić information content (AvgIpc) is 2.88. The van der Waals surface area contributed by atoms with E-state index in [0.717, 1.165) is 12.0 Å². The van der Waals surface area contributed by atoms with E-state index in [-0.39, 0.29) is 11.9 Å². The summed E-state index contributed by atoms with van der Waals surface area (Å²) in [6, 6.07) is 6.02. The fourth-order valence-corrected chi connectivity index (χ4v) is 1.76. The van der Waals surface area contributed by atoms with Crippen LogP contribution in [0, 0.1) is 11.7 Å². The van der Waals surface area contributed by atoms with Crippen molar-refractivity contribution in [2.45, 2.75) is 32.7 Å². The highest BCUT2D eigenvalue weighted by Gasteiger charge is 2.19. The molecular weight excluding hydrogens is 245 g/mol. The van der Waals surface area contributed by atoms with Crippen LogP contribution in [0.1, 0.15) is 43.6 Å². The van der Waals surface area contributed by atoms with Gasteiger partial charge in [-0.25, -0.2) is 4.39 Å². The molecule has 0 fully saturated rings. The van der Waals surface area contributed by atoms with Gasteiger partial charge in [-0.1, -0.05) is 37.6 Å². The highest BCUT2D eigenvalue weighted by molar-refractivity contribution is 5.19. The van der Waals surface area contributed by atoms with Crippen LogP contribution in [0.3, 0.4) is 0 Å². The topological polar surface area (TPSA) is 64.9 Å². The van der Waals surface area contributed by atoms with Crippen molar-refractivity contribution in [2.75, 3.05) is 0 Å². The molecule has 0 aliphatic heterocycles. The van der Waals surface area contributed by atoms with Crippen molar-refractivity contribution in [2.24, 2.45) is 11.7 Å². The van der Waals surface area contributed by atoms with E-state index >= 15 is 0 Å². The zero-order chi connectivity index (χ0) is 13.8. The van der Waals surface area contributed by atoms with Gasteiger partial charge in [0.1, 0.15) is 5.82 Å². The van der Waals surface area contributed by atoms with Crippen LogP contribution in [-0.2, 0) is 6.42 Å². The molecule has 2 aromatic rings. The number of hydrogen-bond donors (Lipinski definition) is 1. The lowest BCUT2D eigenvalue weighted by Crippen LogP contribution is -2.18. The molecule has 102 valence electrons. The molecule has 2 N–H and O–H groups in total. The third-order valence-corrected chi connectivity index (χ3v) is 3.30. The lowest BCUT2D eigenvalue weighted by atomic mass is 10.0. The molecule has 2 rings (SSSR count). The molecule has 4 nitrogen and oxygen atoms in total. The van der Waals surface area contributed by atoms with E-state index in [4.69, 9.17) is 10.3 Å². The monoisotopic (exact) mass is 263 g/mol. The molecule has 1 aromatic heterocycles. The zero-order valence-corrected chi connectivity index (χ0v) is 11.1. The van der Waals surface area contributed by atoms with Gasteiger partial charge in [0.2, 0.25) is 5.89 Å². The molecule has 1 heterocycles. The van der Waals surface area contributed by atoms with E-state index in [1.54, 1.807) is 12.1 Å². The fourth-order valence-electron chi connectivity index (χ4n) is 1.76. The first-order valence-electron chi connectivity index (χ1n) is 6.42. The smallest absolute Gasteiger partial charge is 0.243 e. The van der Waals surface area contributed by atoms with E-state index in [0.29, 0.717) is 24.1 Å². The minimum Gasteiger partial charge on any atom is -0.338 e. The Morgan fingerprint density at radius 2 is 2.00 bits per heavy atom. The summed E-state index contributed by atoms with van der Waals surface area (Å²) in [7, 11) is 0. The second-order valence-corrected chi connectivity index (χ2v) is 4.76. The third-order valence-electron chi connectivity index (χ3n) is 3.30. The Morgan fingerprint density at radius 3 is 2.63 bits per heavy atom. The van der Waals surface area contributed by atoms with Gasteiger partial charge in [-0.15, -0.1) is 0 Å². The van der Waals surface area contributed by atoms with Gasteiger partial charge < -0.3 is 10.3 Å². The molecule has 2 unspecified atom stereocenters. The standard InChI is InChI=1S/C14H18FN3O/c1-3-9(2)13(16)14-17-12(18-19-14)8-10-4-6-11(15)7-5-10/h4-7,9,13H,3,8,16H2,1-2H3. The quantitative estimate of drug-likeness (QED) is 0.900. The Labute approximate surface area is 111 Å². The molecule has 0 amide bonds. The second kappa shape index (κ2) is 5.93. The van der Waals surface area contributed by atoms with Crippen molar-refractivity contribution in [1.82, 2.24) is 10.1 Å². The van der Waals surface area contributed by atoms with Crippen LogP contribution in [0.4, 0.5) is 4.39 Å². The highest BCUT2D eigenvalue weighted by atomic mass is 19.1. The number of aromatic nitrogens is 2. The maximum absolute atomic E-state index is 12.8. The number of halogens is 1. The second-order valence-electron chi connectivity index (χ2n) is 4.76. The van der Waals surface area contributed by atoms with E-state index < -0.39 is 0 Å². The van der Waals surface area contributed by atoms with Crippen LogP contribution in [0.5, 0.6) is 0 Å². The summed E-state index contributed by atoms with van der Waals surface area (Å²) in [6.45, 7) is 4.12.